The van der Waals surface area contributed by atoms with Crippen LogP contribution in [0.4, 0.5) is 4.79 Å². The second kappa shape index (κ2) is 6.68. The first-order chi connectivity index (χ1) is 12.5. The summed E-state index contributed by atoms with van der Waals surface area (Å²) in [4.78, 5) is 34.0. The van der Waals surface area contributed by atoms with Crippen molar-refractivity contribution in [3.8, 4) is 0 Å². The molecule has 0 radical (unpaired) electrons. The molecule has 0 bridgehead atoms. The predicted molar refractivity (Wildman–Crippen MR) is 95.1 cm³/mol. The molecule has 146 valence electrons. The van der Waals surface area contributed by atoms with E-state index < -0.39 is 0 Å². The van der Waals surface area contributed by atoms with Crippen LogP contribution in [0.1, 0.15) is 33.1 Å². The number of ether oxygens (including phenoxy) is 1. The summed E-state index contributed by atoms with van der Waals surface area (Å²) in [7, 11) is 1.57. The number of hydrogen-bond donors (Lipinski definition) is 0. The van der Waals surface area contributed by atoms with E-state index in [0.29, 0.717) is 36.4 Å². The maximum absolute atomic E-state index is 12.4. The molecule has 1 unspecified atom stereocenters. The van der Waals surface area contributed by atoms with Crippen LogP contribution in [0.3, 0.4) is 0 Å². The van der Waals surface area contributed by atoms with E-state index in [0.717, 1.165) is 32.6 Å². The first-order valence-electron chi connectivity index (χ1n) is 10.0. The van der Waals surface area contributed by atoms with Crippen molar-refractivity contribution in [2.24, 2.45) is 23.2 Å². The minimum Gasteiger partial charge on any atom is -0.450 e. The second-order valence-electron chi connectivity index (χ2n) is 8.46. The molecule has 0 N–H and O–H groups in total. The van der Waals surface area contributed by atoms with Crippen molar-refractivity contribution in [3.63, 3.8) is 0 Å². The molecule has 1 spiro atoms. The zero-order valence-corrected chi connectivity index (χ0v) is 16.1. The zero-order valence-electron chi connectivity index (χ0n) is 16.1. The number of hydroxylamine groups is 2. The SMILES string of the molecule is CCOC(=O)N1CCC2(CC(N3C[C@@H]4C(C(=O)N(CC)OC)[C@@H]4C3)C2)C1. The molecule has 0 aromatic carbocycles. The van der Waals surface area contributed by atoms with E-state index in [4.69, 9.17) is 9.57 Å². The highest BCUT2D eigenvalue weighted by Crippen LogP contribution is 2.57. The normalized spacial score (nSPS) is 38.2. The molecule has 2 saturated carbocycles. The van der Waals surface area contributed by atoms with Crippen LogP contribution >= 0.6 is 0 Å². The third-order valence-corrected chi connectivity index (χ3v) is 7.08. The van der Waals surface area contributed by atoms with Crippen LogP contribution < -0.4 is 0 Å². The lowest BCUT2D eigenvalue weighted by molar-refractivity contribution is -0.177. The van der Waals surface area contributed by atoms with Crippen LogP contribution in [0.2, 0.25) is 0 Å². The Morgan fingerprint density at radius 2 is 1.88 bits per heavy atom. The quantitative estimate of drug-likeness (QED) is 0.693. The summed E-state index contributed by atoms with van der Waals surface area (Å²) in [5, 5.41) is 1.49. The van der Waals surface area contributed by atoms with Crippen LogP contribution in [-0.2, 0) is 14.4 Å². The van der Waals surface area contributed by atoms with Gasteiger partial charge in [0.05, 0.1) is 13.7 Å². The molecule has 2 amide bonds. The van der Waals surface area contributed by atoms with Gasteiger partial charge in [0.25, 0.3) is 0 Å². The molecule has 2 aliphatic carbocycles. The lowest BCUT2D eigenvalue weighted by Crippen LogP contribution is -2.52. The fraction of sp³-hybridized carbons (Fsp3) is 0.895. The van der Waals surface area contributed by atoms with Gasteiger partial charge in [-0.25, -0.2) is 9.86 Å². The van der Waals surface area contributed by atoms with Gasteiger partial charge in [-0.2, -0.15) is 0 Å². The van der Waals surface area contributed by atoms with E-state index in [1.165, 1.54) is 17.9 Å². The highest BCUT2D eigenvalue weighted by molar-refractivity contribution is 5.81. The smallest absolute Gasteiger partial charge is 0.409 e. The summed E-state index contributed by atoms with van der Waals surface area (Å²) in [5.41, 5.74) is 0.314. The third-order valence-electron chi connectivity index (χ3n) is 7.08. The van der Waals surface area contributed by atoms with E-state index in [2.05, 4.69) is 4.90 Å². The lowest BCUT2D eigenvalue weighted by Gasteiger charge is -2.49. The standard InChI is InChI=1S/C19H31N3O4/c1-4-22(25-3)17(23)16-14-10-21(11-15(14)16)13-8-19(9-13)6-7-20(12-19)18(24)26-5-2/h13-16H,4-12H2,1-3H3/t13?,14-,15+,16?,19?. The van der Waals surface area contributed by atoms with Crippen LogP contribution in [0.15, 0.2) is 0 Å². The summed E-state index contributed by atoms with van der Waals surface area (Å²) in [5.74, 6) is 1.37. The van der Waals surface area contributed by atoms with E-state index in [9.17, 15) is 9.59 Å². The molecule has 7 heteroatoms. The Bertz CT molecular complexity index is 561. The van der Waals surface area contributed by atoms with Gasteiger partial charge in [0.2, 0.25) is 5.91 Å². The minimum atomic E-state index is -0.157. The van der Waals surface area contributed by atoms with Crippen LogP contribution in [0, 0.1) is 23.2 Å². The van der Waals surface area contributed by atoms with Crippen molar-refractivity contribution < 1.29 is 19.2 Å². The topological polar surface area (TPSA) is 62.3 Å². The van der Waals surface area contributed by atoms with E-state index in [1.807, 2.05) is 18.7 Å². The molecule has 0 aromatic rings. The van der Waals surface area contributed by atoms with Gasteiger partial charge in [0, 0.05) is 44.7 Å². The highest BCUT2D eigenvalue weighted by atomic mass is 16.7. The molecule has 4 rings (SSSR count). The Hall–Kier alpha value is -1.34. The highest BCUT2D eigenvalue weighted by Gasteiger charge is 2.63. The van der Waals surface area contributed by atoms with Crippen molar-refractivity contribution in [2.75, 3.05) is 46.4 Å². The number of fused-ring (bicyclic) bond motifs is 1. The van der Waals surface area contributed by atoms with Crippen LogP contribution in [-0.4, -0.2) is 79.3 Å². The number of likely N-dealkylation sites (tertiary alicyclic amines) is 2. The Labute approximate surface area is 155 Å². The number of hydrogen-bond acceptors (Lipinski definition) is 5. The number of piperidine rings is 1. The number of amides is 2. The van der Waals surface area contributed by atoms with Gasteiger partial charge in [-0.1, -0.05) is 0 Å². The summed E-state index contributed by atoms with van der Waals surface area (Å²) in [6.07, 6.45) is 3.30. The largest absolute Gasteiger partial charge is 0.450 e. The van der Waals surface area contributed by atoms with Crippen LogP contribution in [0.25, 0.3) is 0 Å². The Morgan fingerprint density at radius 3 is 2.46 bits per heavy atom. The first-order valence-corrected chi connectivity index (χ1v) is 10.0. The van der Waals surface area contributed by atoms with Gasteiger partial charge in [-0.15, -0.1) is 0 Å². The van der Waals surface area contributed by atoms with Gasteiger partial charge in [0.15, 0.2) is 0 Å². The molecule has 0 aromatic heterocycles. The molecule has 7 nitrogen and oxygen atoms in total. The van der Waals surface area contributed by atoms with E-state index >= 15 is 0 Å². The second-order valence-corrected chi connectivity index (χ2v) is 8.46. The Kier molecular flexibility index (Phi) is 4.63. The van der Waals surface area contributed by atoms with Crippen LogP contribution in [0.5, 0.6) is 0 Å². The first kappa shape index (κ1) is 18.0. The van der Waals surface area contributed by atoms with E-state index in [-0.39, 0.29) is 17.9 Å². The monoisotopic (exact) mass is 365 g/mol. The summed E-state index contributed by atoms with van der Waals surface area (Å²) in [6.45, 7) is 8.63. The number of nitrogens with zero attached hydrogens (tertiary/aromatic N) is 3. The van der Waals surface area contributed by atoms with Crippen molar-refractivity contribution in [2.45, 2.75) is 39.2 Å². The predicted octanol–water partition coefficient (Wildman–Crippen LogP) is 1.59. The molecule has 2 aliphatic heterocycles. The average molecular weight is 365 g/mol. The molecular weight excluding hydrogens is 334 g/mol. The number of carbonyl (C=O) groups is 2. The van der Waals surface area contributed by atoms with Gasteiger partial charge in [0.1, 0.15) is 0 Å². The number of carbonyl (C=O) groups excluding carboxylic acids is 2. The molecule has 4 fully saturated rings. The molecule has 26 heavy (non-hydrogen) atoms. The summed E-state index contributed by atoms with van der Waals surface area (Å²) in [6, 6.07) is 0.630. The molecule has 3 atom stereocenters. The minimum absolute atomic E-state index is 0.157. The van der Waals surface area contributed by atoms with Gasteiger partial charge >= 0.3 is 6.09 Å². The summed E-state index contributed by atoms with van der Waals surface area (Å²) >= 11 is 0. The van der Waals surface area contributed by atoms with Gasteiger partial charge < -0.3 is 9.64 Å². The van der Waals surface area contributed by atoms with Crippen molar-refractivity contribution >= 4 is 12.0 Å². The van der Waals surface area contributed by atoms with Gasteiger partial charge in [-0.3, -0.25) is 14.5 Å². The number of rotatable bonds is 5. The lowest BCUT2D eigenvalue weighted by atomic mass is 9.64. The average Bonchev–Trinajstić information content (AvgIpc) is 2.97. The maximum Gasteiger partial charge on any atom is 0.409 e. The van der Waals surface area contributed by atoms with Gasteiger partial charge in [-0.05, 0) is 50.4 Å². The molecular formula is C19H31N3O4. The fourth-order valence-corrected chi connectivity index (χ4v) is 5.60. The van der Waals surface area contributed by atoms with E-state index in [1.54, 1.807) is 7.11 Å². The Morgan fingerprint density at radius 1 is 1.19 bits per heavy atom. The molecule has 4 aliphatic rings. The van der Waals surface area contributed by atoms with Crippen molar-refractivity contribution in [1.82, 2.24) is 14.9 Å². The van der Waals surface area contributed by atoms with Crippen molar-refractivity contribution in [3.05, 3.63) is 0 Å². The third kappa shape index (κ3) is 2.89. The maximum atomic E-state index is 12.4. The summed E-state index contributed by atoms with van der Waals surface area (Å²) < 4.78 is 5.14. The molecule has 2 saturated heterocycles. The zero-order chi connectivity index (χ0) is 18.5. The van der Waals surface area contributed by atoms with Crippen molar-refractivity contribution in [1.29, 1.82) is 0 Å². The Balaban J connectivity index is 1.23. The fourth-order valence-electron chi connectivity index (χ4n) is 5.60. The molecule has 2 heterocycles.